The van der Waals surface area contributed by atoms with Gasteiger partial charge in [0.1, 0.15) is 6.54 Å². The van der Waals surface area contributed by atoms with Gasteiger partial charge < -0.3 is 4.90 Å². The maximum atomic E-state index is 12.7. The molecule has 6 nitrogen and oxygen atoms in total. The van der Waals surface area contributed by atoms with Crippen molar-refractivity contribution in [1.29, 1.82) is 0 Å². The van der Waals surface area contributed by atoms with Crippen LogP contribution in [0.1, 0.15) is 19.4 Å². The number of hydrogen-bond donors (Lipinski definition) is 0. The molecule has 0 N–H and O–H groups in total. The molecule has 0 unspecified atom stereocenters. The summed E-state index contributed by atoms with van der Waals surface area (Å²) in [5.74, 6) is -0.133. The number of tetrazole rings is 1. The van der Waals surface area contributed by atoms with Crippen LogP contribution in [0.25, 0.3) is 11.4 Å². The highest BCUT2D eigenvalue weighted by atomic mass is 19.4. The maximum Gasteiger partial charge on any atom is 0.416 e. The highest BCUT2D eigenvalue weighted by Gasteiger charge is 2.30. The van der Waals surface area contributed by atoms with Gasteiger partial charge in [0, 0.05) is 18.7 Å². The van der Waals surface area contributed by atoms with Crippen LogP contribution in [0.15, 0.2) is 24.3 Å². The molecule has 0 aliphatic carbocycles. The summed E-state index contributed by atoms with van der Waals surface area (Å²) in [4.78, 5) is 14.6. The molecule has 0 fully saturated rings. The Morgan fingerprint density at radius 3 is 2.57 bits per heavy atom. The van der Waals surface area contributed by atoms with E-state index in [4.69, 9.17) is 0 Å². The molecule has 9 heteroatoms. The molecule has 124 valence electrons. The molecule has 0 spiro atoms. The van der Waals surface area contributed by atoms with Crippen molar-refractivity contribution >= 4 is 5.91 Å². The molecule has 0 saturated carbocycles. The van der Waals surface area contributed by atoms with Crippen molar-refractivity contribution in [2.45, 2.75) is 26.6 Å². The van der Waals surface area contributed by atoms with Crippen LogP contribution in [-0.4, -0.2) is 44.1 Å². The molecule has 23 heavy (non-hydrogen) atoms. The Kier molecular flexibility index (Phi) is 4.97. The molecule has 1 amide bonds. The summed E-state index contributed by atoms with van der Waals surface area (Å²) in [6.07, 6.45) is -4.44. The molecule has 1 aromatic carbocycles. The highest BCUT2D eigenvalue weighted by Crippen LogP contribution is 2.31. The molecular formula is C14H16F3N5O. The van der Waals surface area contributed by atoms with Crippen molar-refractivity contribution in [1.82, 2.24) is 25.1 Å². The molecule has 1 heterocycles. The molecule has 0 bridgehead atoms. The highest BCUT2D eigenvalue weighted by molar-refractivity contribution is 5.75. The van der Waals surface area contributed by atoms with Gasteiger partial charge in [-0.3, -0.25) is 4.79 Å². The molecule has 1 aromatic heterocycles. The van der Waals surface area contributed by atoms with E-state index < -0.39 is 11.7 Å². The van der Waals surface area contributed by atoms with Crippen LogP contribution in [0.2, 0.25) is 0 Å². The molecule has 0 atom stereocenters. The van der Waals surface area contributed by atoms with E-state index in [0.29, 0.717) is 13.1 Å². The lowest BCUT2D eigenvalue weighted by Crippen LogP contribution is -2.34. The van der Waals surface area contributed by atoms with E-state index in [9.17, 15) is 18.0 Å². The van der Waals surface area contributed by atoms with Crippen molar-refractivity contribution in [3.8, 4) is 11.4 Å². The summed E-state index contributed by atoms with van der Waals surface area (Å²) in [5.41, 5.74) is -0.591. The van der Waals surface area contributed by atoms with Gasteiger partial charge in [0.15, 0.2) is 0 Å². The summed E-state index contributed by atoms with van der Waals surface area (Å²) < 4.78 is 38.1. The lowest BCUT2D eigenvalue weighted by Gasteiger charge is -2.17. The number of alkyl halides is 3. The number of halogens is 3. The topological polar surface area (TPSA) is 63.9 Å². The van der Waals surface area contributed by atoms with E-state index in [2.05, 4.69) is 15.4 Å². The van der Waals surface area contributed by atoms with Crippen LogP contribution in [0.4, 0.5) is 13.2 Å². The fourth-order valence-corrected chi connectivity index (χ4v) is 2.06. The molecule has 2 rings (SSSR count). The third kappa shape index (κ3) is 4.05. The van der Waals surface area contributed by atoms with Crippen LogP contribution in [0.5, 0.6) is 0 Å². The molecule has 0 aliphatic heterocycles. The van der Waals surface area contributed by atoms with Crippen molar-refractivity contribution in [3.05, 3.63) is 29.8 Å². The second-order valence-corrected chi connectivity index (χ2v) is 4.79. The largest absolute Gasteiger partial charge is 0.416 e. The van der Waals surface area contributed by atoms with Gasteiger partial charge in [-0.25, -0.2) is 0 Å². The molecule has 0 aliphatic rings. The van der Waals surface area contributed by atoms with Crippen LogP contribution < -0.4 is 0 Å². The number of rotatable bonds is 5. The third-order valence-electron chi connectivity index (χ3n) is 3.29. The standard InChI is InChI=1S/C14H16F3N5O/c1-3-21(4-2)12(23)9-22-19-13(18-20-22)10-6-5-7-11(8-10)14(15,16)17/h5-8H,3-4,9H2,1-2H3. The normalized spacial score (nSPS) is 11.5. The Morgan fingerprint density at radius 1 is 1.26 bits per heavy atom. The minimum Gasteiger partial charge on any atom is -0.342 e. The van der Waals surface area contributed by atoms with Crippen molar-refractivity contribution < 1.29 is 18.0 Å². The predicted molar refractivity (Wildman–Crippen MR) is 76.2 cm³/mol. The first-order chi connectivity index (χ1) is 10.8. The lowest BCUT2D eigenvalue weighted by atomic mass is 10.1. The Balaban J connectivity index is 2.18. The van der Waals surface area contributed by atoms with E-state index >= 15 is 0 Å². The summed E-state index contributed by atoms with van der Waals surface area (Å²) in [5, 5.41) is 11.4. The first-order valence-corrected chi connectivity index (χ1v) is 7.08. The van der Waals surface area contributed by atoms with Gasteiger partial charge in [-0.15, -0.1) is 10.2 Å². The van der Waals surface area contributed by atoms with Gasteiger partial charge in [-0.1, -0.05) is 12.1 Å². The average Bonchev–Trinajstić information content (AvgIpc) is 2.96. The van der Waals surface area contributed by atoms with Crippen molar-refractivity contribution in [2.75, 3.05) is 13.1 Å². The monoisotopic (exact) mass is 327 g/mol. The number of likely N-dealkylation sites (N-methyl/N-ethyl adjacent to an activating group) is 1. The molecule has 0 saturated heterocycles. The van der Waals surface area contributed by atoms with E-state index in [-0.39, 0.29) is 23.8 Å². The summed E-state index contributed by atoms with van der Waals surface area (Å²) >= 11 is 0. The second-order valence-electron chi connectivity index (χ2n) is 4.79. The number of carbonyl (C=O) groups excluding carboxylic acids is 1. The quantitative estimate of drug-likeness (QED) is 0.845. The fraction of sp³-hybridized carbons (Fsp3) is 0.429. The number of aromatic nitrogens is 4. The number of hydrogen-bond acceptors (Lipinski definition) is 4. The van der Waals surface area contributed by atoms with Crippen LogP contribution in [0.3, 0.4) is 0 Å². The summed E-state index contributed by atoms with van der Waals surface area (Å²) in [6.45, 7) is 4.72. The van der Waals surface area contributed by atoms with Gasteiger partial charge >= 0.3 is 6.18 Å². The molecular weight excluding hydrogens is 311 g/mol. The van der Waals surface area contributed by atoms with Gasteiger partial charge in [-0.2, -0.15) is 18.0 Å². The minimum absolute atomic E-state index is 0.0449. The summed E-state index contributed by atoms with van der Waals surface area (Å²) in [6, 6.07) is 4.66. The Morgan fingerprint density at radius 2 is 1.96 bits per heavy atom. The Hall–Kier alpha value is -2.45. The number of benzene rings is 1. The zero-order valence-electron chi connectivity index (χ0n) is 12.7. The van der Waals surface area contributed by atoms with Gasteiger partial charge in [0.2, 0.25) is 11.7 Å². The summed E-state index contributed by atoms with van der Waals surface area (Å²) in [7, 11) is 0. The maximum absolute atomic E-state index is 12.7. The molecule has 2 aromatic rings. The van der Waals surface area contributed by atoms with Crippen molar-refractivity contribution in [2.24, 2.45) is 0 Å². The minimum atomic E-state index is -4.44. The van der Waals surface area contributed by atoms with Crippen molar-refractivity contribution in [3.63, 3.8) is 0 Å². The van der Waals surface area contributed by atoms with Gasteiger partial charge in [0.05, 0.1) is 5.56 Å². The SMILES string of the molecule is CCN(CC)C(=O)Cn1nnc(-c2cccc(C(F)(F)F)c2)n1. The zero-order chi connectivity index (χ0) is 17.0. The van der Waals surface area contributed by atoms with Crippen LogP contribution >= 0.6 is 0 Å². The second kappa shape index (κ2) is 6.76. The first-order valence-electron chi connectivity index (χ1n) is 7.08. The van der Waals surface area contributed by atoms with E-state index in [0.717, 1.165) is 16.9 Å². The van der Waals surface area contributed by atoms with Crippen LogP contribution in [0, 0.1) is 0 Å². The molecule has 0 radical (unpaired) electrons. The number of nitrogens with zero attached hydrogens (tertiary/aromatic N) is 5. The predicted octanol–water partition coefficient (Wildman–Crippen LogP) is 2.23. The van der Waals surface area contributed by atoms with Gasteiger partial charge in [-0.05, 0) is 31.2 Å². The van der Waals surface area contributed by atoms with E-state index in [1.807, 2.05) is 13.8 Å². The fourth-order valence-electron chi connectivity index (χ4n) is 2.06. The van der Waals surface area contributed by atoms with E-state index in [1.165, 1.54) is 12.1 Å². The third-order valence-corrected chi connectivity index (χ3v) is 3.29. The van der Waals surface area contributed by atoms with Gasteiger partial charge in [0.25, 0.3) is 0 Å². The first kappa shape index (κ1) is 16.9. The van der Waals surface area contributed by atoms with E-state index in [1.54, 1.807) is 4.90 Å². The van der Waals surface area contributed by atoms with Crippen LogP contribution in [-0.2, 0) is 17.5 Å². The zero-order valence-corrected chi connectivity index (χ0v) is 12.7. The number of carbonyl (C=O) groups is 1. The average molecular weight is 327 g/mol. The smallest absolute Gasteiger partial charge is 0.342 e. The Bertz CT molecular complexity index is 679. The lowest BCUT2D eigenvalue weighted by molar-refractivity contribution is -0.137. The Labute approximate surface area is 130 Å². The number of amides is 1.